The van der Waals surface area contributed by atoms with Crippen molar-refractivity contribution in [2.45, 2.75) is 13.0 Å². The van der Waals surface area contributed by atoms with E-state index in [0.717, 1.165) is 10.9 Å². The highest BCUT2D eigenvalue weighted by Gasteiger charge is 2.08. The van der Waals surface area contributed by atoms with Gasteiger partial charge in [0.15, 0.2) is 0 Å². The van der Waals surface area contributed by atoms with Gasteiger partial charge >= 0.3 is 0 Å². The number of pyridine rings is 1. The Morgan fingerprint density at radius 3 is 2.82 bits per heavy atom. The molecule has 0 radical (unpaired) electrons. The molecule has 0 fully saturated rings. The molecule has 0 aliphatic carbocycles. The molecule has 1 aromatic heterocycles. The third kappa shape index (κ3) is 2.44. The van der Waals surface area contributed by atoms with Crippen molar-refractivity contribution < 1.29 is 4.79 Å². The van der Waals surface area contributed by atoms with Crippen LogP contribution in [0, 0.1) is 0 Å². The summed E-state index contributed by atoms with van der Waals surface area (Å²) in [5, 5.41) is 3.89. The number of nitrogens with two attached hydrogens (primary N) is 2. The minimum absolute atomic E-state index is 0.413. The van der Waals surface area contributed by atoms with Gasteiger partial charge in [0.05, 0.1) is 5.52 Å². The zero-order chi connectivity index (χ0) is 12.4. The minimum Gasteiger partial charge on any atom is -0.399 e. The van der Waals surface area contributed by atoms with E-state index in [1.165, 1.54) is 0 Å². The second-order valence-corrected chi connectivity index (χ2v) is 3.92. The molecule has 2 aromatic rings. The molecule has 0 saturated heterocycles. The molecule has 0 bridgehead atoms. The van der Waals surface area contributed by atoms with E-state index in [1.807, 2.05) is 18.2 Å². The largest absolute Gasteiger partial charge is 0.399 e. The monoisotopic (exact) mass is 230 g/mol. The van der Waals surface area contributed by atoms with Crippen molar-refractivity contribution in [2.24, 2.45) is 5.73 Å². The number of fused-ring (bicyclic) bond motifs is 1. The summed E-state index contributed by atoms with van der Waals surface area (Å²) in [5.74, 6) is 0.206. The molecule has 0 aliphatic rings. The lowest BCUT2D eigenvalue weighted by atomic mass is 10.2. The lowest BCUT2D eigenvalue weighted by Gasteiger charge is -2.11. The second kappa shape index (κ2) is 4.29. The minimum atomic E-state index is -0.450. The molecule has 1 unspecified atom stereocenters. The first kappa shape index (κ1) is 11.2. The predicted octanol–water partition coefficient (Wildman–Crippen LogP) is 1.10. The van der Waals surface area contributed by atoms with Gasteiger partial charge in [-0.2, -0.15) is 0 Å². The number of carbonyl (C=O) groups excluding carboxylic acids is 1. The number of nitrogen functional groups attached to an aromatic ring is 1. The average molecular weight is 230 g/mol. The number of amides is 1. The number of aromatic nitrogens is 1. The molecule has 2 rings (SSSR count). The average Bonchev–Trinajstić information content (AvgIpc) is 2.29. The summed E-state index contributed by atoms with van der Waals surface area (Å²) in [6, 6.07) is 8.72. The van der Waals surface area contributed by atoms with Gasteiger partial charge in [-0.05, 0) is 37.3 Å². The number of primary amides is 1. The lowest BCUT2D eigenvalue weighted by Crippen LogP contribution is -2.32. The van der Waals surface area contributed by atoms with Crippen LogP contribution in [0.2, 0.25) is 0 Å². The summed E-state index contributed by atoms with van der Waals surface area (Å²) < 4.78 is 0. The van der Waals surface area contributed by atoms with Crippen LogP contribution in [0.25, 0.3) is 10.9 Å². The molecule has 88 valence electrons. The summed E-state index contributed by atoms with van der Waals surface area (Å²) in [5.41, 5.74) is 12.4. The molecule has 1 atom stereocenters. The summed E-state index contributed by atoms with van der Waals surface area (Å²) in [4.78, 5) is 15.3. The highest BCUT2D eigenvalue weighted by Crippen LogP contribution is 2.18. The van der Waals surface area contributed by atoms with Gasteiger partial charge in [-0.1, -0.05) is 0 Å². The fourth-order valence-corrected chi connectivity index (χ4v) is 1.52. The number of benzene rings is 1. The Bertz CT molecular complexity index is 567. The highest BCUT2D eigenvalue weighted by atomic mass is 16.1. The van der Waals surface area contributed by atoms with Crippen LogP contribution in [0.15, 0.2) is 30.3 Å². The zero-order valence-corrected chi connectivity index (χ0v) is 9.47. The third-order valence-electron chi connectivity index (χ3n) is 2.50. The van der Waals surface area contributed by atoms with Crippen LogP contribution in [0.3, 0.4) is 0 Å². The Balaban J connectivity index is 2.32. The van der Waals surface area contributed by atoms with Crippen molar-refractivity contribution in [3.8, 4) is 0 Å². The molecule has 1 aromatic carbocycles. The van der Waals surface area contributed by atoms with E-state index in [0.29, 0.717) is 11.5 Å². The van der Waals surface area contributed by atoms with E-state index < -0.39 is 11.9 Å². The van der Waals surface area contributed by atoms with Crippen molar-refractivity contribution in [3.63, 3.8) is 0 Å². The Morgan fingerprint density at radius 1 is 1.35 bits per heavy atom. The maximum Gasteiger partial charge on any atom is 0.239 e. The van der Waals surface area contributed by atoms with Crippen molar-refractivity contribution in [3.05, 3.63) is 30.3 Å². The van der Waals surface area contributed by atoms with Gasteiger partial charge in [0.25, 0.3) is 0 Å². The second-order valence-electron chi connectivity index (χ2n) is 3.92. The maximum absolute atomic E-state index is 10.9. The van der Waals surface area contributed by atoms with Gasteiger partial charge in [-0.15, -0.1) is 0 Å². The van der Waals surface area contributed by atoms with E-state index in [1.54, 1.807) is 19.1 Å². The SMILES string of the molecule is CC(Nc1ccc2cc(N)ccc2n1)C(N)=O. The molecule has 0 spiro atoms. The van der Waals surface area contributed by atoms with Gasteiger partial charge < -0.3 is 16.8 Å². The van der Waals surface area contributed by atoms with Gasteiger partial charge in [0.2, 0.25) is 5.91 Å². The van der Waals surface area contributed by atoms with Crippen LogP contribution in [-0.2, 0) is 4.79 Å². The van der Waals surface area contributed by atoms with Crippen molar-refractivity contribution in [1.82, 2.24) is 4.98 Å². The summed E-state index contributed by atoms with van der Waals surface area (Å²) in [6.45, 7) is 1.69. The molecule has 5 heteroatoms. The quantitative estimate of drug-likeness (QED) is 0.688. The number of hydrogen-bond acceptors (Lipinski definition) is 4. The van der Waals surface area contributed by atoms with Gasteiger partial charge in [0, 0.05) is 11.1 Å². The first-order chi connectivity index (χ1) is 8.06. The Labute approximate surface area is 98.8 Å². The molecular formula is C12H14N4O. The molecule has 0 aliphatic heterocycles. The molecule has 1 heterocycles. The third-order valence-corrected chi connectivity index (χ3v) is 2.50. The van der Waals surface area contributed by atoms with Gasteiger partial charge in [-0.25, -0.2) is 4.98 Å². The molecule has 5 N–H and O–H groups in total. The fourth-order valence-electron chi connectivity index (χ4n) is 1.52. The van der Waals surface area contributed by atoms with Crippen molar-refractivity contribution in [2.75, 3.05) is 11.1 Å². The van der Waals surface area contributed by atoms with E-state index in [2.05, 4.69) is 10.3 Å². The van der Waals surface area contributed by atoms with Crippen LogP contribution in [-0.4, -0.2) is 16.9 Å². The van der Waals surface area contributed by atoms with Crippen LogP contribution in [0.4, 0.5) is 11.5 Å². The standard InChI is InChI=1S/C12H14N4O/c1-7(12(14)17)15-11-5-2-8-6-9(13)3-4-10(8)16-11/h2-7H,13H2,1H3,(H2,14,17)(H,15,16). The molecule has 1 amide bonds. The normalized spacial score (nSPS) is 12.3. The topological polar surface area (TPSA) is 94.0 Å². The number of carbonyl (C=O) groups is 1. The number of hydrogen-bond donors (Lipinski definition) is 3. The van der Waals surface area contributed by atoms with Crippen molar-refractivity contribution in [1.29, 1.82) is 0 Å². The predicted molar refractivity (Wildman–Crippen MR) is 68.4 cm³/mol. The summed E-state index contributed by atoms with van der Waals surface area (Å²) in [6.07, 6.45) is 0. The number of nitrogens with one attached hydrogen (secondary N) is 1. The van der Waals surface area contributed by atoms with E-state index in [4.69, 9.17) is 11.5 Å². The fraction of sp³-hybridized carbons (Fsp3) is 0.167. The first-order valence-electron chi connectivity index (χ1n) is 5.28. The Kier molecular flexibility index (Phi) is 2.82. The summed E-state index contributed by atoms with van der Waals surface area (Å²) in [7, 11) is 0. The summed E-state index contributed by atoms with van der Waals surface area (Å²) >= 11 is 0. The van der Waals surface area contributed by atoms with Gasteiger partial charge in [-0.3, -0.25) is 4.79 Å². The molecule has 0 saturated carbocycles. The van der Waals surface area contributed by atoms with Gasteiger partial charge in [0.1, 0.15) is 11.9 Å². The van der Waals surface area contributed by atoms with E-state index >= 15 is 0 Å². The first-order valence-corrected chi connectivity index (χ1v) is 5.28. The lowest BCUT2D eigenvalue weighted by molar-refractivity contribution is -0.118. The number of anilines is 2. The molecule has 17 heavy (non-hydrogen) atoms. The Hall–Kier alpha value is -2.30. The zero-order valence-electron chi connectivity index (χ0n) is 9.47. The Morgan fingerprint density at radius 2 is 2.12 bits per heavy atom. The number of nitrogens with zero attached hydrogens (tertiary/aromatic N) is 1. The highest BCUT2D eigenvalue weighted by molar-refractivity contribution is 5.85. The van der Waals surface area contributed by atoms with E-state index in [9.17, 15) is 4.79 Å². The van der Waals surface area contributed by atoms with Crippen LogP contribution in [0.5, 0.6) is 0 Å². The number of rotatable bonds is 3. The molecule has 5 nitrogen and oxygen atoms in total. The van der Waals surface area contributed by atoms with Crippen LogP contribution in [0.1, 0.15) is 6.92 Å². The van der Waals surface area contributed by atoms with Crippen LogP contribution >= 0.6 is 0 Å². The van der Waals surface area contributed by atoms with Crippen molar-refractivity contribution >= 4 is 28.3 Å². The molecular weight excluding hydrogens is 216 g/mol. The maximum atomic E-state index is 10.9. The van der Waals surface area contributed by atoms with E-state index in [-0.39, 0.29) is 0 Å². The smallest absolute Gasteiger partial charge is 0.239 e. The van der Waals surface area contributed by atoms with Crippen LogP contribution < -0.4 is 16.8 Å².